The van der Waals surface area contributed by atoms with Crippen molar-refractivity contribution in [3.05, 3.63) is 0 Å². The van der Waals surface area contributed by atoms with Gasteiger partial charge in [0.1, 0.15) is 5.78 Å². The molecule has 0 aromatic carbocycles. The van der Waals surface area contributed by atoms with Crippen molar-refractivity contribution in [2.24, 2.45) is 0 Å². The molecule has 1 unspecified atom stereocenters. The van der Waals surface area contributed by atoms with E-state index in [1.807, 2.05) is 0 Å². The van der Waals surface area contributed by atoms with Crippen LogP contribution >= 0.6 is 23.5 Å². The van der Waals surface area contributed by atoms with Crippen molar-refractivity contribution in [2.45, 2.75) is 30.7 Å². The van der Waals surface area contributed by atoms with Crippen molar-refractivity contribution >= 4 is 29.3 Å². The Morgan fingerprint density at radius 1 is 1.33 bits per heavy atom. The van der Waals surface area contributed by atoms with Crippen LogP contribution in [0.25, 0.3) is 0 Å². The largest absolute Gasteiger partial charge is 0.389 e. The fraction of sp³-hybridized carbons (Fsp3) is 0.889. The lowest BCUT2D eigenvalue weighted by atomic mass is 10.1. The number of alkyl halides is 3. The van der Waals surface area contributed by atoms with Gasteiger partial charge < -0.3 is 0 Å². The summed E-state index contributed by atoms with van der Waals surface area (Å²) in [4.78, 5) is 11.5. The minimum Gasteiger partial charge on any atom is -0.298 e. The molecule has 88 valence electrons. The summed E-state index contributed by atoms with van der Waals surface area (Å²) >= 11 is 3.28. The second-order valence-corrected chi connectivity index (χ2v) is 5.83. The predicted octanol–water partition coefficient (Wildman–Crippen LogP) is 3.14. The van der Waals surface area contributed by atoms with Crippen LogP contribution < -0.4 is 0 Å². The molecule has 1 atom stereocenters. The van der Waals surface area contributed by atoms with Crippen molar-refractivity contribution in [2.75, 3.05) is 17.3 Å². The summed E-state index contributed by atoms with van der Waals surface area (Å²) in [5, 5.41) is -0.0722. The van der Waals surface area contributed by atoms with Crippen LogP contribution in [0.5, 0.6) is 0 Å². The second-order valence-electron chi connectivity index (χ2n) is 3.37. The molecule has 0 radical (unpaired) electrons. The first-order valence-corrected chi connectivity index (χ1v) is 6.98. The maximum absolute atomic E-state index is 11.8. The standard InChI is InChI=1S/C9H13F3OS2/c10-9(11,12)3-1-2-7(13)8-6-14-4-5-15-8/h8H,1-6H2. The second kappa shape index (κ2) is 6.03. The van der Waals surface area contributed by atoms with Crippen molar-refractivity contribution in [3.8, 4) is 0 Å². The number of Topliss-reactive ketones (excluding diaryl/α,β-unsaturated/α-hetero) is 1. The van der Waals surface area contributed by atoms with E-state index in [1.165, 1.54) is 0 Å². The van der Waals surface area contributed by atoms with Gasteiger partial charge in [-0.3, -0.25) is 4.79 Å². The molecule has 0 saturated carbocycles. The van der Waals surface area contributed by atoms with Gasteiger partial charge in [-0.25, -0.2) is 0 Å². The molecule has 1 aliphatic heterocycles. The third-order valence-corrected chi connectivity index (χ3v) is 4.86. The molecule has 1 rings (SSSR count). The third-order valence-electron chi connectivity index (χ3n) is 2.06. The first-order chi connectivity index (χ1) is 6.99. The molecule has 1 nitrogen and oxygen atoms in total. The van der Waals surface area contributed by atoms with E-state index < -0.39 is 12.6 Å². The summed E-state index contributed by atoms with van der Waals surface area (Å²) in [6, 6.07) is 0. The average Bonchev–Trinajstić information content (AvgIpc) is 2.17. The first-order valence-electron chi connectivity index (χ1n) is 4.78. The molecule has 1 heterocycles. The monoisotopic (exact) mass is 258 g/mol. The highest BCUT2D eigenvalue weighted by Crippen LogP contribution is 2.27. The number of carbonyl (C=O) groups is 1. The topological polar surface area (TPSA) is 17.1 Å². The van der Waals surface area contributed by atoms with Crippen LogP contribution in [0.15, 0.2) is 0 Å². The van der Waals surface area contributed by atoms with Gasteiger partial charge in [-0.1, -0.05) is 0 Å². The van der Waals surface area contributed by atoms with Crippen LogP contribution in [0.3, 0.4) is 0 Å². The van der Waals surface area contributed by atoms with Crippen molar-refractivity contribution in [3.63, 3.8) is 0 Å². The zero-order valence-electron chi connectivity index (χ0n) is 8.18. The van der Waals surface area contributed by atoms with Crippen LogP contribution in [-0.4, -0.2) is 34.5 Å². The third kappa shape index (κ3) is 5.70. The van der Waals surface area contributed by atoms with E-state index in [0.29, 0.717) is 0 Å². The van der Waals surface area contributed by atoms with Gasteiger partial charge in [0.15, 0.2) is 0 Å². The predicted molar refractivity (Wildman–Crippen MR) is 58.5 cm³/mol. The Morgan fingerprint density at radius 3 is 2.60 bits per heavy atom. The number of thioether (sulfide) groups is 2. The van der Waals surface area contributed by atoms with E-state index >= 15 is 0 Å². The SMILES string of the molecule is O=C(CCCC(F)(F)F)C1CSCCS1. The van der Waals surface area contributed by atoms with Gasteiger partial charge in [-0.05, 0) is 6.42 Å². The van der Waals surface area contributed by atoms with E-state index in [2.05, 4.69) is 0 Å². The van der Waals surface area contributed by atoms with Gasteiger partial charge in [-0.15, -0.1) is 11.8 Å². The van der Waals surface area contributed by atoms with E-state index in [0.717, 1.165) is 17.3 Å². The number of hydrogen-bond acceptors (Lipinski definition) is 3. The fourth-order valence-corrected chi connectivity index (χ4v) is 3.98. The molecule has 0 aromatic rings. The van der Waals surface area contributed by atoms with Gasteiger partial charge in [0.2, 0.25) is 0 Å². The highest BCUT2D eigenvalue weighted by Gasteiger charge is 2.28. The lowest BCUT2D eigenvalue weighted by Crippen LogP contribution is -2.24. The normalized spacial score (nSPS) is 22.7. The Kier molecular flexibility index (Phi) is 5.32. The molecule has 0 bridgehead atoms. The van der Waals surface area contributed by atoms with Crippen LogP contribution in [0.2, 0.25) is 0 Å². The molecule has 0 amide bonds. The maximum Gasteiger partial charge on any atom is 0.389 e. The van der Waals surface area contributed by atoms with Crippen LogP contribution in [0.1, 0.15) is 19.3 Å². The maximum atomic E-state index is 11.8. The van der Waals surface area contributed by atoms with Crippen LogP contribution in [-0.2, 0) is 4.79 Å². The summed E-state index contributed by atoms with van der Waals surface area (Å²) in [7, 11) is 0. The van der Waals surface area contributed by atoms with E-state index in [4.69, 9.17) is 0 Å². The molecule has 15 heavy (non-hydrogen) atoms. The van der Waals surface area contributed by atoms with E-state index in [9.17, 15) is 18.0 Å². The number of rotatable bonds is 4. The molecule has 0 spiro atoms. The van der Waals surface area contributed by atoms with Gasteiger partial charge in [0, 0.05) is 30.1 Å². The Hall–Kier alpha value is 0.160. The summed E-state index contributed by atoms with van der Waals surface area (Å²) in [6.45, 7) is 0. The number of halogens is 3. The van der Waals surface area contributed by atoms with Crippen LogP contribution in [0.4, 0.5) is 13.2 Å². The minimum atomic E-state index is -4.13. The smallest absolute Gasteiger partial charge is 0.298 e. The van der Waals surface area contributed by atoms with Crippen molar-refractivity contribution < 1.29 is 18.0 Å². The Bertz CT molecular complexity index is 212. The number of hydrogen-bond donors (Lipinski definition) is 0. The lowest BCUT2D eigenvalue weighted by Gasteiger charge is -2.19. The van der Waals surface area contributed by atoms with Gasteiger partial charge in [0.25, 0.3) is 0 Å². The first kappa shape index (κ1) is 13.2. The summed E-state index contributed by atoms with van der Waals surface area (Å²) in [5.41, 5.74) is 0. The quantitative estimate of drug-likeness (QED) is 0.771. The van der Waals surface area contributed by atoms with Gasteiger partial charge >= 0.3 is 6.18 Å². The fourth-order valence-electron chi connectivity index (χ4n) is 1.30. The van der Waals surface area contributed by atoms with Crippen LogP contribution in [0, 0.1) is 0 Å². The van der Waals surface area contributed by atoms with E-state index in [-0.39, 0.29) is 23.9 Å². The van der Waals surface area contributed by atoms with Gasteiger partial charge in [-0.2, -0.15) is 24.9 Å². The van der Waals surface area contributed by atoms with Gasteiger partial charge in [0.05, 0.1) is 5.25 Å². The van der Waals surface area contributed by atoms with E-state index in [1.54, 1.807) is 23.5 Å². The Morgan fingerprint density at radius 2 is 2.07 bits per heavy atom. The molecular weight excluding hydrogens is 245 g/mol. The zero-order valence-corrected chi connectivity index (χ0v) is 9.81. The molecule has 1 aliphatic rings. The molecule has 0 aromatic heterocycles. The lowest BCUT2D eigenvalue weighted by molar-refractivity contribution is -0.137. The van der Waals surface area contributed by atoms with Crippen molar-refractivity contribution in [1.29, 1.82) is 0 Å². The minimum absolute atomic E-state index is 0.0172. The average molecular weight is 258 g/mol. The highest BCUT2D eigenvalue weighted by atomic mass is 32.2. The number of ketones is 1. The molecule has 6 heteroatoms. The summed E-state index contributed by atoms with van der Waals surface area (Å²) in [5.74, 6) is 2.71. The summed E-state index contributed by atoms with van der Waals surface area (Å²) in [6.07, 6.45) is -4.97. The molecule has 1 fully saturated rings. The zero-order chi connectivity index (χ0) is 11.3. The Labute approximate surface area is 95.6 Å². The van der Waals surface area contributed by atoms with Crippen molar-refractivity contribution in [1.82, 2.24) is 0 Å². The Balaban J connectivity index is 2.17. The number of carbonyl (C=O) groups excluding carboxylic acids is 1. The summed E-state index contributed by atoms with van der Waals surface area (Å²) < 4.78 is 35.5. The molecule has 0 aliphatic carbocycles. The molecule has 0 N–H and O–H groups in total. The molecular formula is C9H13F3OS2. The highest BCUT2D eigenvalue weighted by molar-refractivity contribution is 8.07. The molecule has 1 saturated heterocycles.